The van der Waals surface area contributed by atoms with Crippen molar-refractivity contribution in [2.45, 2.75) is 26.6 Å². The summed E-state index contributed by atoms with van der Waals surface area (Å²) in [5, 5.41) is 0.957. The van der Waals surface area contributed by atoms with Crippen molar-refractivity contribution >= 4 is 22.5 Å². The lowest BCUT2D eigenvalue weighted by atomic mass is 10.2. The molecule has 0 saturated carbocycles. The Labute approximate surface area is 159 Å². The van der Waals surface area contributed by atoms with Crippen LogP contribution < -0.4 is 10.3 Å². The summed E-state index contributed by atoms with van der Waals surface area (Å²) in [4.78, 5) is 21.4. The van der Waals surface area contributed by atoms with Gasteiger partial charge in [-0.15, -0.1) is 0 Å². The average molecular weight is 394 g/mol. The van der Waals surface area contributed by atoms with E-state index in [1.54, 1.807) is 36.4 Å². The maximum atomic E-state index is 12.6. The minimum atomic E-state index is -2.88. The Bertz CT molecular complexity index is 994. The summed E-state index contributed by atoms with van der Waals surface area (Å²) < 4.78 is 29.8. The summed E-state index contributed by atoms with van der Waals surface area (Å²) in [5.74, 6) is 0.613. The molecule has 1 N–H and O–H groups in total. The molecule has 0 amide bonds. The molecule has 0 bridgehead atoms. The van der Waals surface area contributed by atoms with Crippen molar-refractivity contribution in [1.29, 1.82) is 0 Å². The third-order valence-corrected chi connectivity index (χ3v) is 4.36. The highest BCUT2D eigenvalue weighted by molar-refractivity contribution is 6.31. The highest BCUT2D eigenvalue weighted by Gasteiger charge is 2.14. The van der Waals surface area contributed by atoms with E-state index in [0.29, 0.717) is 46.9 Å². The molecule has 27 heavy (non-hydrogen) atoms. The molecule has 8 heteroatoms. The monoisotopic (exact) mass is 393 g/mol. The number of hydrogen-bond acceptors (Lipinski definition) is 4. The van der Waals surface area contributed by atoms with E-state index >= 15 is 0 Å². The summed E-state index contributed by atoms with van der Waals surface area (Å²) in [5.41, 5.74) is 0.897. The molecule has 2 aromatic carbocycles. The van der Waals surface area contributed by atoms with Gasteiger partial charge in [0.15, 0.2) is 0 Å². The summed E-state index contributed by atoms with van der Waals surface area (Å²) in [6, 6.07) is 11.5. The number of H-pyrrole nitrogens is 1. The van der Waals surface area contributed by atoms with E-state index in [-0.39, 0.29) is 11.3 Å². The van der Waals surface area contributed by atoms with Gasteiger partial charge in [0.1, 0.15) is 11.6 Å². The molecule has 0 fully saturated rings. The van der Waals surface area contributed by atoms with Gasteiger partial charge >= 0.3 is 6.61 Å². The molecule has 3 rings (SSSR count). The topological polar surface area (TPSA) is 58.2 Å². The number of alkyl halides is 2. The molecule has 5 nitrogen and oxygen atoms in total. The Balaban J connectivity index is 1.84. The van der Waals surface area contributed by atoms with Crippen molar-refractivity contribution in [3.8, 4) is 5.75 Å². The lowest BCUT2D eigenvalue weighted by Gasteiger charge is -2.21. The number of hydrogen-bond donors (Lipinski definition) is 1. The first-order valence-corrected chi connectivity index (χ1v) is 8.77. The Hall–Kier alpha value is -2.51. The van der Waals surface area contributed by atoms with Crippen LogP contribution in [0.15, 0.2) is 47.3 Å². The molecule has 1 heterocycles. The van der Waals surface area contributed by atoms with Crippen LogP contribution in [0.4, 0.5) is 8.78 Å². The fourth-order valence-electron chi connectivity index (χ4n) is 2.81. The average Bonchev–Trinajstić information content (AvgIpc) is 2.62. The number of para-hydroxylation sites is 1. The largest absolute Gasteiger partial charge is 0.434 e. The second-order valence-electron chi connectivity index (χ2n) is 5.96. The van der Waals surface area contributed by atoms with Gasteiger partial charge in [-0.05, 0) is 30.8 Å². The number of rotatable bonds is 7. The Morgan fingerprint density at radius 2 is 2.00 bits per heavy atom. The first-order valence-electron chi connectivity index (χ1n) is 8.39. The van der Waals surface area contributed by atoms with Gasteiger partial charge in [-0.25, -0.2) is 4.98 Å². The van der Waals surface area contributed by atoms with Gasteiger partial charge in [0.2, 0.25) is 0 Å². The summed E-state index contributed by atoms with van der Waals surface area (Å²) in [6.07, 6.45) is 0. The predicted octanol–water partition coefficient (Wildman–Crippen LogP) is 4.20. The van der Waals surface area contributed by atoms with Crippen LogP contribution in [-0.4, -0.2) is 28.0 Å². The van der Waals surface area contributed by atoms with Crippen LogP contribution in [-0.2, 0) is 13.1 Å². The number of benzene rings is 2. The molecule has 0 radical (unpaired) electrons. The van der Waals surface area contributed by atoms with Crippen molar-refractivity contribution in [2.24, 2.45) is 0 Å². The second-order valence-corrected chi connectivity index (χ2v) is 6.40. The molecule has 0 aliphatic rings. The van der Waals surface area contributed by atoms with Gasteiger partial charge in [0.25, 0.3) is 5.56 Å². The predicted molar refractivity (Wildman–Crippen MR) is 100 cm³/mol. The summed E-state index contributed by atoms with van der Waals surface area (Å²) >= 11 is 5.98. The third kappa shape index (κ3) is 4.81. The quantitative estimate of drug-likeness (QED) is 0.653. The molecule has 0 saturated heterocycles. The van der Waals surface area contributed by atoms with Crippen LogP contribution in [0.25, 0.3) is 10.9 Å². The van der Waals surface area contributed by atoms with E-state index < -0.39 is 6.61 Å². The highest BCUT2D eigenvalue weighted by Crippen LogP contribution is 2.22. The first kappa shape index (κ1) is 19.3. The first-order chi connectivity index (χ1) is 13.0. The summed E-state index contributed by atoms with van der Waals surface area (Å²) in [6.45, 7) is 0.394. The van der Waals surface area contributed by atoms with Crippen LogP contribution in [0.1, 0.15) is 18.3 Å². The van der Waals surface area contributed by atoms with Crippen molar-refractivity contribution in [2.75, 3.05) is 6.54 Å². The van der Waals surface area contributed by atoms with Crippen molar-refractivity contribution < 1.29 is 13.5 Å². The van der Waals surface area contributed by atoms with Gasteiger partial charge in [-0.2, -0.15) is 8.78 Å². The molecular weight excluding hydrogens is 376 g/mol. The van der Waals surface area contributed by atoms with Gasteiger partial charge in [0.05, 0.1) is 17.4 Å². The van der Waals surface area contributed by atoms with E-state index in [0.717, 1.165) is 0 Å². The Morgan fingerprint density at radius 3 is 2.74 bits per heavy atom. The van der Waals surface area contributed by atoms with Crippen LogP contribution in [0.5, 0.6) is 5.75 Å². The zero-order valence-corrected chi connectivity index (χ0v) is 15.3. The van der Waals surface area contributed by atoms with Crippen molar-refractivity contribution in [3.63, 3.8) is 0 Å². The van der Waals surface area contributed by atoms with Crippen LogP contribution in [0.2, 0.25) is 5.02 Å². The Morgan fingerprint density at radius 1 is 1.22 bits per heavy atom. The zero-order chi connectivity index (χ0) is 19.4. The number of ether oxygens (including phenoxy) is 1. The molecule has 0 aliphatic heterocycles. The number of aromatic amines is 1. The normalized spacial score (nSPS) is 11.5. The standard InChI is InChI=1S/C19H18ClF2N3O2/c1-2-25(10-12-5-3-4-6-16(12)27-19(21)22)11-17-23-15-9-13(20)7-8-14(15)18(26)24-17/h3-9,19H,2,10-11H2,1H3,(H,23,24,26). The maximum absolute atomic E-state index is 12.6. The maximum Gasteiger partial charge on any atom is 0.387 e. The van der Waals surface area contributed by atoms with E-state index in [4.69, 9.17) is 11.6 Å². The van der Waals surface area contributed by atoms with E-state index in [1.165, 1.54) is 6.07 Å². The molecule has 0 spiro atoms. The summed E-state index contributed by atoms with van der Waals surface area (Å²) in [7, 11) is 0. The minimum absolute atomic E-state index is 0.137. The minimum Gasteiger partial charge on any atom is -0.434 e. The lowest BCUT2D eigenvalue weighted by Crippen LogP contribution is -2.25. The SMILES string of the molecule is CCN(Cc1nc2cc(Cl)ccc2c(=O)[nH]1)Cc1ccccc1OC(F)F. The number of nitrogens with zero attached hydrogens (tertiary/aromatic N) is 2. The molecular formula is C19H18ClF2N3O2. The van der Waals surface area contributed by atoms with Gasteiger partial charge in [0, 0.05) is 17.1 Å². The number of halogens is 3. The van der Waals surface area contributed by atoms with Crippen LogP contribution in [0, 0.1) is 0 Å². The van der Waals surface area contributed by atoms with Gasteiger partial charge in [-0.1, -0.05) is 36.7 Å². The fourth-order valence-corrected chi connectivity index (χ4v) is 2.98. The Kier molecular flexibility index (Phi) is 6.03. The van der Waals surface area contributed by atoms with E-state index in [9.17, 15) is 13.6 Å². The zero-order valence-electron chi connectivity index (χ0n) is 14.6. The number of nitrogens with one attached hydrogen (secondary N) is 1. The lowest BCUT2D eigenvalue weighted by molar-refractivity contribution is -0.0508. The van der Waals surface area contributed by atoms with Crippen LogP contribution in [0.3, 0.4) is 0 Å². The van der Waals surface area contributed by atoms with Gasteiger partial charge in [-0.3, -0.25) is 9.69 Å². The molecule has 1 aromatic heterocycles. The van der Waals surface area contributed by atoms with Gasteiger partial charge < -0.3 is 9.72 Å². The number of fused-ring (bicyclic) bond motifs is 1. The highest BCUT2D eigenvalue weighted by atomic mass is 35.5. The van der Waals surface area contributed by atoms with E-state index in [1.807, 2.05) is 11.8 Å². The second kappa shape index (κ2) is 8.45. The molecule has 3 aromatic rings. The third-order valence-electron chi connectivity index (χ3n) is 4.12. The number of aromatic nitrogens is 2. The smallest absolute Gasteiger partial charge is 0.387 e. The van der Waals surface area contributed by atoms with E-state index in [2.05, 4.69) is 14.7 Å². The van der Waals surface area contributed by atoms with Crippen molar-refractivity contribution in [3.05, 3.63) is 69.2 Å². The molecule has 0 unspecified atom stereocenters. The molecule has 0 aliphatic carbocycles. The van der Waals surface area contributed by atoms with Crippen molar-refractivity contribution in [1.82, 2.24) is 14.9 Å². The molecule has 0 atom stereocenters. The molecule has 142 valence electrons. The fraction of sp³-hybridized carbons (Fsp3) is 0.263. The van der Waals surface area contributed by atoms with Crippen LogP contribution >= 0.6 is 11.6 Å².